The predicted octanol–water partition coefficient (Wildman–Crippen LogP) is 0.841. The van der Waals surface area contributed by atoms with Crippen LogP contribution in [0, 0.1) is 6.92 Å². The Bertz CT molecular complexity index is 344. The van der Waals surface area contributed by atoms with Crippen molar-refractivity contribution in [3.05, 3.63) is 17.7 Å². The molecule has 0 aliphatic heterocycles. The Morgan fingerprint density at radius 1 is 1.60 bits per heavy atom. The molecule has 0 fully saturated rings. The van der Waals surface area contributed by atoms with Gasteiger partial charge in [0.2, 0.25) is 0 Å². The van der Waals surface area contributed by atoms with Gasteiger partial charge < -0.3 is 14.6 Å². The number of carboxylic acid groups (broad SMARTS) is 1. The zero-order valence-corrected chi connectivity index (χ0v) is 9.40. The van der Waals surface area contributed by atoms with Gasteiger partial charge in [0.05, 0.1) is 12.0 Å². The van der Waals surface area contributed by atoms with E-state index in [1.54, 1.807) is 17.8 Å². The minimum Gasteiger partial charge on any atom is -0.477 e. The van der Waals surface area contributed by atoms with E-state index in [1.807, 2.05) is 14.1 Å². The van der Waals surface area contributed by atoms with Crippen LogP contribution >= 0.6 is 0 Å². The van der Waals surface area contributed by atoms with E-state index >= 15 is 0 Å². The van der Waals surface area contributed by atoms with Crippen LogP contribution in [0.5, 0.6) is 0 Å². The van der Waals surface area contributed by atoms with Gasteiger partial charge >= 0.3 is 5.97 Å². The van der Waals surface area contributed by atoms with E-state index < -0.39 is 5.97 Å². The van der Waals surface area contributed by atoms with E-state index in [2.05, 4.69) is 9.88 Å². The molecule has 0 aliphatic carbocycles. The SMILES string of the molecule is Cc1ncn(CCCN(C)C)c1C(=O)O. The number of carboxylic acids is 1. The highest BCUT2D eigenvalue weighted by atomic mass is 16.4. The van der Waals surface area contributed by atoms with E-state index in [-0.39, 0.29) is 0 Å². The molecule has 5 heteroatoms. The van der Waals surface area contributed by atoms with Crippen LogP contribution in [0.4, 0.5) is 0 Å². The first kappa shape index (κ1) is 11.7. The molecule has 1 aromatic heterocycles. The summed E-state index contributed by atoms with van der Waals surface area (Å²) in [5.74, 6) is -0.908. The van der Waals surface area contributed by atoms with Crippen LogP contribution < -0.4 is 0 Å². The lowest BCUT2D eigenvalue weighted by Gasteiger charge is -2.10. The van der Waals surface area contributed by atoms with Gasteiger partial charge in [-0.1, -0.05) is 0 Å². The molecular formula is C10H17N3O2. The van der Waals surface area contributed by atoms with Gasteiger partial charge in [-0.25, -0.2) is 9.78 Å². The monoisotopic (exact) mass is 211 g/mol. The molecule has 1 rings (SSSR count). The van der Waals surface area contributed by atoms with Gasteiger partial charge in [-0.15, -0.1) is 0 Å². The molecule has 1 aromatic rings. The molecule has 84 valence electrons. The Balaban J connectivity index is 2.65. The van der Waals surface area contributed by atoms with Gasteiger partial charge in [0, 0.05) is 6.54 Å². The first-order valence-electron chi connectivity index (χ1n) is 4.92. The normalized spacial score (nSPS) is 10.9. The van der Waals surface area contributed by atoms with Gasteiger partial charge in [-0.05, 0) is 34.0 Å². The summed E-state index contributed by atoms with van der Waals surface area (Å²) >= 11 is 0. The lowest BCUT2D eigenvalue weighted by atomic mass is 10.3. The fraction of sp³-hybridized carbons (Fsp3) is 0.600. The van der Waals surface area contributed by atoms with Crippen molar-refractivity contribution in [3.8, 4) is 0 Å². The first-order chi connectivity index (χ1) is 7.02. The molecule has 0 aliphatic rings. The molecule has 1 heterocycles. The van der Waals surface area contributed by atoms with Crippen molar-refractivity contribution in [2.45, 2.75) is 19.9 Å². The van der Waals surface area contributed by atoms with Gasteiger partial charge in [0.1, 0.15) is 5.69 Å². The fourth-order valence-electron chi connectivity index (χ4n) is 1.49. The van der Waals surface area contributed by atoms with Crippen molar-refractivity contribution in [1.29, 1.82) is 0 Å². The molecule has 5 nitrogen and oxygen atoms in total. The number of hydrogen-bond acceptors (Lipinski definition) is 3. The lowest BCUT2D eigenvalue weighted by molar-refractivity contribution is 0.0684. The first-order valence-corrected chi connectivity index (χ1v) is 4.92. The summed E-state index contributed by atoms with van der Waals surface area (Å²) in [5.41, 5.74) is 0.876. The van der Waals surface area contributed by atoms with Crippen molar-refractivity contribution < 1.29 is 9.90 Å². The third-order valence-corrected chi connectivity index (χ3v) is 2.23. The van der Waals surface area contributed by atoms with Crippen LogP contribution in [0.3, 0.4) is 0 Å². The predicted molar refractivity (Wildman–Crippen MR) is 57.1 cm³/mol. The molecule has 1 N–H and O–H groups in total. The number of aryl methyl sites for hydroxylation is 2. The molecule has 0 unspecified atom stereocenters. The second kappa shape index (κ2) is 4.93. The zero-order valence-electron chi connectivity index (χ0n) is 9.40. The quantitative estimate of drug-likeness (QED) is 0.784. The van der Waals surface area contributed by atoms with Gasteiger partial charge in [-0.3, -0.25) is 0 Å². The van der Waals surface area contributed by atoms with Gasteiger partial charge in [0.25, 0.3) is 0 Å². The maximum Gasteiger partial charge on any atom is 0.354 e. The summed E-state index contributed by atoms with van der Waals surface area (Å²) in [5, 5.41) is 8.97. The van der Waals surface area contributed by atoms with Crippen LogP contribution in [0.25, 0.3) is 0 Å². The zero-order chi connectivity index (χ0) is 11.4. The van der Waals surface area contributed by atoms with E-state index in [9.17, 15) is 4.79 Å². The van der Waals surface area contributed by atoms with Gasteiger partial charge in [0.15, 0.2) is 0 Å². The molecule has 0 aromatic carbocycles. The topological polar surface area (TPSA) is 58.4 Å². The molecule has 15 heavy (non-hydrogen) atoms. The average molecular weight is 211 g/mol. The Labute approximate surface area is 89.3 Å². The largest absolute Gasteiger partial charge is 0.477 e. The number of hydrogen-bond donors (Lipinski definition) is 1. The van der Waals surface area contributed by atoms with Crippen molar-refractivity contribution in [1.82, 2.24) is 14.5 Å². The molecule has 0 saturated carbocycles. The summed E-state index contributed by atoms with van der Waals surface area (Å²) in [6.45, 7) is 3.35. The highest BCUT2D eigenvalue weighted by Crippen LogP contribution is 2.07. The number of nitrogens with zero attached hydrogens (tertiary/aromatic N) is 3. The van der Waals surface area contributed by atoms with E-state index in [0.717, 1.165) is 13.0 Å². The van der Waals surface area contributed by atoms with Crippen LogP contribution in [0.15, 0.2) is 6.33 Å². The number of aromatic nitrogens is 2. The number of imidazole rings is 1. The Hall–Kier alpha value is -1.36. The minimum absolute atomic E-state index is 0.300. The molecule has 0 saturated heterocycles. The maximum atomic E-state index is 10.9. The highest BCUT2D eigenvalue weighted by molar-refractivity contribution is 5.86. The van der Waals surface area contributed by atoms with E-state index in [1.165, 1.54) is 0 Å². The summed E-state index contributed by atoms with van der Waals surface area (Å²) in [4.78, 5) is 17.0. The molecule has 0 bridgehead atoms. The summed E-state index contributed by atoms with van der Waals surface area (Å²) in [6, 6.07) is 0. The summed E-state index contributed by atoms with van der Waals surface area (Å²) < 4.78 is 1.70. The molecule has 0 radical (unpaired) electrons. The number of rotatable bonds is 5. The maximum absolute atomic E-state index is 10.9. The third-order valence-electron chi connectivity index (χ3n) is 2.23. The lowest BCUT2D eigenvalue weighted by Crippen LogP contribution is -2.16. The van der Waals surface area contributed by atoms with Crippen molar-refractivity contribution in [3.63, 3.8) is 0 Å². The fourth-order valence-corrected chi connectivity index (χ4v) is 1.49. The standard InChI is InChI=1S/C10H17N3O2/c1-8-9(10(14)15)13(7-11-8)6-4-5-12(2)3/h7H,4-6H2,1-3H3,(H,14,15). The molecular weight excluding hydrogens is 194 g/mol. The average Bonchev–Trinajstić information content (AvgIpc) is 2.46. The van der Waals surface area contributed by atoms with Crippen LogP contribution in [0.2, 0.25) is 0 Å². The van der Waals surface area contributed by atoms with Crippen molar-refractivity contribution in [2.24, 2.45) is 0 Å². The molecule has 0 atom stereocenters. The Kier molecular flexibility index (Phi) is 3.85. The summed E-state index contributed by atoms with van der Waals surface area (Å²) in [7, 11) is 3.99. The minimum atomic E-state index is -0.908. The highest BCUT2D eigenvalue weighted by Gasteiger charge is 2.13. The Morgan fingerprint density at radius 3 is 2.80 bits per heavy atom. The van der Waals surface area contributed by atoms with Crippen LogP contribution in [0.1, 0.15) is 22.6 Å². The number of aromatic carboxylic acids is 1. The van der Waals surface area contributed by atoms with Crippen LogP contribution in [-0.2, 0) is 6.54 Å². The summed E-state index contributed by atoms with van der Waals surface area (Å²) in [6.07, 6.45) is 2.51. The molecule has 0 spiro atoms. The second-order valence-corrected chi connectivity index (χ2v) is 3.83. The van der Waals surface area contributed by atoms with Crippen molar-refractivity contribution >= 4 is 5.97 Å². The van der Waals surface area contributed by atoms with E-state index in [4.69, 9.17) is 5.11 Å². The smallest absolute Gasteiger partial charge is 0.354 e. The Morgan fingerprint density at radius 2 is 2.27 bits per heavy atom. The number of carbonyl (C=O) groups is 1. The third kappa shape index (κ3) is 3.06. The second-order valence-electron chi connectivity index (χ2n) is 3.83. The van der Waals surface area contributed by atoms with Crippen molar-refractivity contribution in [2.75, 3.05) is 20.6 Å². The molecule has 0 amide bonds. The van der Waals surface area contributed by atoms with Gasteiger partial charge in [-0.2, -0.15) is 0 Å². The van der Waals surface area contributed by atoms with E-state index in [0.29, 0.717) is 17.9 Å². The van der Waals surface area contributed by atoms with Crippen LogP contribution in [-0.4, -0.2) is 46.2 Å².